The van der Waals surface area contributed by atoms with Crippen molar-refractivity contribution in [1.82, 2.24) is 25.1 Å². The third-order valence-corrected chi connectivity index (χ3v) is 2.70. The summed E-state index contributed by atoms with van der Waals surface area (Å²) in [6.07, 6.45) is 7.31. The van der Waals surface area contributed by atoms with Gasteiger partial charge in [0.15, 0.2) is 0 Å². The molecule has 0 aromatic carbocycles. The standard InChI is InChI=1S/C12H17N5/c1-3-13-11(10-5-6-15-16-9-10)12-14-7-8-17(12)4-2/h5-9,11,13H,3-4H2,1-2H3. The van der Waals surface area contributed by atoms with E-state index in [2.05, 4.69) is 38.9 Å². The molecule has 17 heavy (non-hydrogen) atoms. The van der Waals surface area contributed by atoms with E-state index in [1.54, 1.807) is 12.4 Å². The Bertz CT molecular complexity index is 451. The molecule has 0 bridgehead atoms. The molecule has 0 aliphatic rings. The molecular formula is C12H17N5. The van der Waals surface area contributed by atoms with Gasteiger partial charge in [0.1, 0.15) is 5.82 Å². The molecule has 90 valence electrons. The van der Waals surface area contributed by atoms with Crippen LogP contribution < -0.4 is 5.32 Å². The largest absolute Gasteiger partial charge is 0.334 e. The maximum absolute atomic E-state index is 4.43. The molecule has 5 heteroatoms. The Morgan fingerprint density at radius 3 is 2.82 bits per heavy atom. The van der Waals surface area contributed by atoms with Gasteiger partial charge in [-0.2, -0.15) is 10.2 Å². The zero-order valence-electron chi connectivity index (χ0n) is 10.2. The van der Waals surface area contributed by atoms with E-state index in [-0.39, 0.29) is 6.04 Å². The number of hydrogen-bond acceptors (Lipinski definition) is 4. The van der Waals surface area contributed by atoms with Crippen LogP contribution in [0, 0.1) is 0 Å². The zero-order chi connectivity index (χ0) is 12.1. The fourth-order valence-corrected chi connectivity index (χ4v) is 1.88. The van der Waals surface area contributed by atoms with E-state index in [1.165, 1.54) is 0 Å². The van der Waals surface area contributed by atoms with Crippen LogP contribution in [0.3, 0.4) is 0 Å². The molecular weight excluding hydrogens is 214 g/mol. The van der Waals surface area contributed by atoms with Crippen molar-refractivity contribution in [2.45, 2.75) is 26.4 Å². The Kier molecular flexibility index (Phi) is 3.82. The Morgan fingerprint density at radius 1 is 1.29 bits per heavy atom. The molecule has 0 aliphatic heterocycles. The molecule has 1 N–H and O–H groups in total. The zero-order valence-corrected chi connectivity index (χ0v) is 10.2. The van der Waals surface area contributed by atoms with Crippen LogP contribution in [0.2, 0.25) is 0 Å². The summed E-state index contributed by atoms with van der Waals surface area (Å²) >= 11 is 0. The van der Waals surface area contributed by atoms with Crippen molar-refractivity contribution in [3.63, 3.8) is 0 Å². The molecule has 0 amide bonds. The van der Waals surface area contributed by atoms with Gasteiger partial charge in [0, 0.05) is 25.1 Å². The highest BCUT2D eigenvalue weighted by molar-refractivity contribution is 5.20. The highest BCUT2D eigenvalue weighted by Gasteiger charge is 2.17. The second-order valence-electron chi connectivity index (χ2n) is 3.74. The second-order valence-corrected chi connectivity index (χ2v) is 3.74. The summed E-state index contributed by atoms with van der Waals surface area (Å²) in [7, 11) is 0. The summed E-state index contributed by atoms with van der Waals surface area (Å²) in [5.74, 6) is 1.02. The smallest absolute Gasteiger partial charge is 0.130 e. The molecule has 1 atom stereocenters. The minimum Gasteiger partial charge on any atom is -0.334 e. The van der Waals surface area contributed by atoms with Gasteiger partial charge in [-0.3, -0.25) is 0 Å². The topological polar surface area (TPSA) is 55.6 Å². The number of imidazole rings is 1. The van der Waals surface area contributed by atoms with Crippen LogP contribution in [0.4, 0.5) is 0 Å². The SMILES string of the molecule is CCNC(c1ccnnc1)c1nccn1CC. The third-order valence-electron chi connectivity index (χ3n) is 2.70. The quantitative estimate of drug-likeness (QED) is 0.845. The van der Waals surface area contributed by atoms with E-state index in [9.17, 15) is 0 Å². The maximum atomic E-state index is 4.43. The Balaban J connectivity index is 2.36. The average molecular weight is 231 g/mol. The van der Waals surface area contributed by atoms with Gasteiger partial charge in [-0.05, 0) is 25.1 Å². The minimum absolute atomic E-state index is 0.0745. The maximum Gasteiger partial charge on any atom is 0.130 e. The van der Waals surface area contributed by atoms with Crippen LogP contribution in [0.15, 0.2) is 30.9 Å². The molecule has 0 spiro atoms. The molecule has 0 aliphatic carbocycles. The van der Waals surface area contributed by atoms with Crippen molar-refractivity contribution in [3.8, 4) is 0 Å². The predicted octanol–water partition coefficient (Wildman–Crippen LogP) is 1.39. The third kappa shape index (κ3) is 2.50. The number of rotatable bonds is 5. The summed E-state index contributed by atoms with van der Waals surface area (Å²) < 4.78 is 2.13. The lowest BCUT2D eigenvalue weighted by Crippen LogP contribution is -2.25. The Labute approximate surface area is 101 Å². The van der Waals surface area contributed by atoms with Gasteiger partial charge in [0.2, 0.25) is 0 Å². The molecule has 0 saturated carbocycles. The number of aromatic nitrogens is 4. The van der Waals surface area contributed by atoms with Gasteiger partial charge in [-0.15, -0.1) is 0 Å². The van der Waals surface area contributed by atoms with Gasteiger partial charge in [-0.1, -0.05) is 6.92 Å². The van der Waals surface area contributed by atoms with E-state index in [0.29, 0.717) is 0 Å². The van der Waals surface area contributed by atoms with Gasteiger partial charge in [0.25, 0.3) is 0 Å². The molecule has 5 nitrogen and oxygen atoms in total. The molecule has 0 radical (unpaired) electrons. The lowest BCUT2D eigenvalue weighted by Gasteiger charge is -2.18. The number of hydrogen-bond donors (Lipinski definition) is 1. The van der Waals surface area contributed by atoms with Crippen LogP contribution in [0.25, 0.3) is 0 Å². The van der Waals surface area contributed by atoms with E-state index in [0.717, 1.165) is 24.5 Å². The molecule has 2 aromatic rings. The summed E-state index contributed by atoms with van der Waals surface area (Å²) in [6.45, 7) is 5.99. The van der Waals surface area contributed by atoms with Gasteiger partial charge in [-0.25, -0.2) is 4.98 Å². The number of aryl methyl sites for hydroxylation is 1. The van der Waals surface area contributed by atoms with Crippen LogP contribution >= 0.6 is 0 Å². The first-order valence-electron chi connectivity index (χ1n) is 5.87. The number of nitrogens with one attached hydrogen (secondary N) is 1. The molecule has 2 aromatic heterocycles. The first-order valence-corrected chi connectivity index (χ1v) is 5.87. The van der Waals surface area contributed by atoms with E-state index in [1.807, 2.05) is 18.5 Å². The highest BCUT2D eigenvalue weighted by atomic mass is 15.1. The summed E-state index contributed by atoms with van der Waals surface area (Å²) in [6, 6.07) is 2.04. The van der Waals surface area contributed by atoms with Gasteiger partial charge < -0.3 is 9.88 Å². The lowest BCUT2D eigenvalue weighted by atomic mass is 10.1. The molecule has 2 rings (SSSR count). The normalized spacial score (nSPS) is 12.6. The summed E-state index contributed by atoms with van der Waals surface area (Å²) in [5.41, 5.74) is 1.09. The van der Waals surface area contributed by atoms with Crippen molar-refractivity contribution >= 4 is 0 Å². The van der Waals surface area contributed by atoms with Crippen molar-refractivity contribution in [2.75, 3.05) is 6.54 Å². The Morgan fingerprint density at radius 2 is 2.18 bits per heavy atom. The predicted molar refractivity (Wildman–Crippen MR) is 65.5 cm³/mol. The second kappa shape index (κ2) is 5.54. The minimum atomic E-state index is 0.0745. The molecule has 2 heterocycles. The Hall–Kier alpha value is -1.75. The summed E-state index contributed by atoms with van der Waals surface area (Å²) in [5, 5.41) is 11.2. The van der Waals surface area contributed by atoms with Crippen molar-refractivity contribution in [2.24, 2.45) is 0 Å². The highest BCUT2D eigenvalue weighted by Crippen LogP contribution is 2.19. The monoisotopic (exact) mass is 231 g/mol. The summed E-state index contributed by atoms with van der Waals surface area (Å²) in [4.78, 5) is 4.43. The van der Waals surface area contributed by atoms with Crippen molar-refractivity contribution in [3.05, 3.63) is 42.2 Å². The molecule has 0 fully saturated rings. The lowest BCUT2D eigenvalue weighted by molar-refractivity contribution is 0.556. The van der Waals surface area contributed by atoms with Crippen LogP contribution in [0.1, 0.15) is 31.3 Å². The average Bonchev–Trinajstić information content (AvgIpc) is 2.85. The van der Waals surface area contributed by atoms with Crippen LogP contribution in [-0.4, -0.2) is 26.3 Å². The molecule has 0 saturated heterocycles. The van der Waals surface area contributed by atoms with Crippen LogP contribution in [-0.2, 0) is 6.54 Å². The van der Waals surface area contributed by atoms with E-state index >= 15 is 0 Å². The molecule has 1 unspecified atom stereocenters. The van der Waals surface area contributed by atoms with Crippen molar-refractivity contribution in [1.29, 1.82) is 0 Å². The fourth-order valence-electron chi connectivity index (χ4n) is 1.88. The van der Waals surface area contributed by atoms with Crippen LogP contribution in [0.5, 0.6) is 0 Å². The van der Waals surface area contributed by atoms with E-state index in [4.69, 9.17) is 0 Å². The fraction of sp³-hybridized carbons (Fsp3) is 0.417. The van der Waals surface area contributed by atoms with Gasteiger partial charge in [0.05, 0.1) is 12.2 Å². The number of nitrogens with zero attached hydrogens (tertiary/aromatic N) is 4. The van der Waals surface area contributed by atoms with Crippen molar-refractivity contribution < 1.29 is 0 Å². The first-order chi connectivity index (χ1) is 8.36. The first kappa shape index (κ1) is 11.7. The van der Waals surface area contributed by atoms with E-state index < -0.39 is 0 Å². The van der Waals surface area contributed by atoms with Gasteiger partial charge >= 0.3 is 0 Å².